The zero-order valence-corrected chi connectivity index (χ0v) is 8.42. The van der Waals surface area contributed by atoms with Crippen molar-refractivity contribution in [2.75, 3.05) is 0 Å². The molecule has 3 nitrogen and oxygen atoms in total. The van der Waals surface area contributed by atoms with Gasteiger partial charge in [0.15, 0.2) is 0 Å². The molecule has 0 aromatic rings. The maximum absolute atomic E-state index is 11.3. The molecule has 13 heavy (non-hydrogen) atoms. The smallest absolute Gasteiger partial charge is 0.222 e. The van der Waals surface area contributed by atoms with Crippen LogP contribution in [0.5, 0.6) is 0 Å². The van der Waals surface area contributed by atoms with E-state index < -0.39 is 0 Å². The molecule has 1 aliphatic rings. The molecule has 0 bridgehead atoms. The average Bonchev–Trinajstić information content (AvgIpc) is 2.04. The Kier molecular flexibility index (Phi) is 3.72. The van der Waals surface area contributed by atoms with E-state index in [-0.39, 0.29) is 24.0 Å². The van der Waals surface area contributed by atoms with Crippen molar-refractivity contribution in [3.05, 3.63) is 0 Å². The molecule has 0 aromatic heterocycles. The predicted octanol–water partition coefficient (Wildman–Crippen LogP) is 1.06. The van der Waals surface area contributed by atoms with Crippen molar-refractivity contribution in [1.29, 1.82) is 0 Å². The number of hydrogen-bond acceptors (Lipinski definition) is 2. The molecular formula is C10H19NO2. The van der Waals surface area contributed by atoms with Crippen molar-refractivity contribution in [3.8, 4) is 0 Å². The molecule has 2 atom stereocenters. The van der Waals surface area contributed by atoms with E-state index in [1.165, 1.54) is 0 Å². The molecule has 1 amide bonds. The third-order valence-corrected chi connectivity index (χ3v) is 2.52. The van der Waals surface area contributed by atoms with E-state index in [4.69, 9.17) is 0 Å². The number of amides is 1. The van der Waals surface area contributed by atoms with Crippen LogP contribution in [0.4, 0.5) is 0 Å². The first-order valence-electron chi connectivity index (χ1n) is 5.08. The summed E-state index contributed by atoms with van der Waals surface area (Å²) in [4.78, 5) is 11.3. The van der Waals surface area contributed by atoms with Gasteiger partial charge in [-0.25, -0.2) is 0 Å². The lowest BCUT2D eigenvalue weighted by Gasteiger charge is -2.27. The molecule has 0 saturated heterocycles. The Labute approximate surface area is 79.5 Å². The van der Waals surface area contributed by atoms with Crippen LogP contribution in [0, 0.1) is 5.92 Å². The highest BCUT2D eigenvalue weighted by atomic mass is 16.3. The van der Waals surface area contributed by atoms with E-state index in [2.05, 4.69) is 5.32 Å². The van der Waals surface area contributed by atoms with Gasteiger partial charge in [0.05, 0.1) is 6.10 Å². The SMILES string of the molecule is CC(C)C(=O)N[C@@H]1CCC[C@@H](O)C1. The monoisotopic (exact) mass is 185 g/mol. The largest absolute Gasteiger partial charge is 0.393 e. The summed E-state index contributed by atoms with van der Waals surface area (Å²) in [6, 6.07) is 0.193. The molecule has 76 valence electrons. The second-order valence-corrected chi connectivity index (χ2v) is 4.18. The van der Waals surface area contributed by atoms with Crippen molar-refractivity contribution >= 4 is 5.91 Å². The summed E-state index contributed by atoms with van der Waals surface area (Å²) >= 11 is 0. The van der Waals surface area contributed by atoms with Crippen molar-refractivity contribution in [2.45, 2.75) is 51.7 Å². The van der Waals surface area contributed by atoms with Gasteiger partial charge in [-0.2, -0.15) is 0 Å². The molecule has 0 radical (unpaired) electrons. The van der Waals surface area contributed by atoms with E-state index in [9.17, 15) is 9.90 Å². The molecule has 1 rings (SSSR count). The molecular weight excluding hydrogens is 166 g/mol. The van der Waals surface area contributed by atoms with Gasteiger partial charge in [0.2, 0.25) is 5.91 Å². The van der Waals surface area contributed by atoms with Gasteiger partial charge < -0.3 is 10.4 Å². The summed E-state index contributed by atoms with van der Waals surface area (Å²) in [5.74, 6) is 0.137. The second-order valence-electron chi connectivity index (χ2n) is 4.18. The topological polar surface area (TPSA) is 49.3 Å². The third-order valence-electron chi connectivity index (χ3n) is 2.52. The Morgan fingerprint density at radius 3 is 2.69 bits per heavy atom. The van der Waals surface area contributed by atoms with Crippen molar-refractivity contribution < 1.29 is 9.90 Å². The van der Waals surface area contributed by atoms with E-state index in [0.717, 1.165) is 25.7 Å². The fourth-order valence-corrected chi connectivity index (χ4v) is 1.66. The fraction of sp³-hybridized carbons (Fsp3) is 0.900. The standard InChI is InChI=1S/C10H19NO2/c1-7(2)10(13)11-8-4-3-5-9(12)6-8/h7-9,12H,3-6H2,1-2H3,(H,11,13)/t8-,9-/m1/s1. The minimum atomic E-state index is -0.216. The molecule has 1 fully saturated rings. The number of rotatable bonds is 2. The average molecular weight is 185 g/mol. The van der Waals surface area contributed by atoms with Crippen LogP contribution in [-0.2, 0) is 4.79 Å². The zero-order valence-electron chi connectivity index (χ0n) is 8.42. The normalized spacial score (nSPS) is 28.9. The molecule has 3 heteroatoms. The van der Waals surface area contributed by atoms with Crippen molar-refractivity contribution in [1.82, 2.24) is 5.32 Å². The Bertz CT molecular complexity index is 180. The number of carbonyl (C=O) groups is 1. The molecule has 1 saturated carbocycles. The number of nitrogens with one attached hydrogen (secondary N) is 1. The van der Waals surface area contributed by atoms with Crippen molar-refractivity contribution in [2.24, 2.45) is 5.92 Å². The summed E-state index contributed by atoms with van der Waals surface area (Å²) in [6.45, 7) is 3.77. The van der Waals surface area contributed by atoms with Gasteiger partial charge in [-0.1, -0.05) is 13.8 Å². The maximum Gasteiger partial charge on any atom is 0.222 e. The first-order chi connectivity index (χ1) is 6.09. The van der Waals surface area contributed by atoms with Crippen LogP contribution in [0.2, 0.25) is 0 Å². The highest BCUT2D eigenvalue weighted by Crippen LogP contribution is 2.18. The zero-order chi connectivity index (χ0) is 9.84. The molecule has 0 unspecified atom stereocenters. The summed E-state index contributed by atoms with van der Waals surface area (Å²) in [7, 11) is 0. The van der Waals surface area contributed by atoms with Gasteiger partial charge in [-0.3, -0.25) is 4.79 Å². The number of hydrogen-bond donors (Lipinski definition) is 2. The Hall–Kier alpha value is -0.570. The minimum Gasteiger partial charge on any atom is -0.393 e. The van der Waals surface area contributed by atoms with Crippen LogP contribution in [-0.4, -0.2) is 23.2 Å². The Morgan fingerprint density at radius 2 is 2.15 bits per heavy atom. The second kappa shape index (κ2) is 4.61. The fourth-order valence-electron chi connectivity index (χ4n) is 1.66. The summed E-state index contributed by atoms with van der Waals surface area (Å²) in [6.07, 6.45) is 3.41. The molecule has 0 aliphatic heterocycles. The molecule has 1 aliphatic carbocycles. The van der Waals surface area contributed by atoms with E-state index in [0.29, 0.717) is 0 Å². The summed E-state index contributed by atoms with van der Waals surface area (Å²) in [5, 5.41) is 12.3. The lowest BCUT2D eigenvalue weighted by molar-refractivity contribution is -0.125. The summed E-state index contributed by atoms with van der Waals surface area (Å²) in [5.41, 5.74) is 0. The number of carbonyl (C=O) groups excluding carboxylic acids is 1. The van der Waals surface area contributed by atoms with Gasteiger partial charge >= 0.3 is 0 Å². The van der Waals surface area contributed by atoms with E-state index >= 15 is 0 Å². The predicted molar refractivity (Wildman–Crippen MR) is 51.2 cm³/mol. The Balaban J connectivity index is 2.31. The van der Waals surface area contributed by atoms with Crippen LogP contribution < -0.4 is 5.32 Å². The summed E-state index contributed by atoms with van der Waals surface area (Å²) < 4.78 is 0. The van der Waals surface area contributed by atoms with E-state index in [1.54, 1.807) is 0 Å². The maximum atomic E-state index is 11.3. The van der Waals surface area contributed by atoms with Crippen LogP contribution in [0.1, 0.15) is 39.5 Å². The van der Waals surface area contributed by atoms with Crippen molar-refractivity contribution in [3.63, 3.8) is 0 Å². The highest BCUT2D eigenvalue weighted by Gasteiger charge is 2.22. The molecule has 2 N–H and O–H groups in total. The van der Waals surface area contributed by atoms with Gasteiger partial charge in [0.25, 0.3) is 0 Å². The first-order valence-corrected chi connectivity index (χ1v) is 5.08. The number of aliphatic hydroxyl groups is 1. The number of aliphatic hydroxyl groups excluding tert-OH is 1. The van der Waals surface area contributed by atoms with Gasteiger partial charge in [-0.05, 0) is 25.7 Å². The van der Waals surface area contributed by atoms with Gasteiger partial charge in [0.1, 0.15) is 0 Å². The molecule has 0 aromatic carbocycles. The Morgan fingerprint density at radius 1 is 1.46 bits per heavy atom. The van der Waals surface area contributed by atoms with Crippen LogP contribution in [0.3, 0.4) is 0 Å². The third kappa shape index (κ3) is 3.35. The van der Waals surface area contributed by atoms with E-state index in [1.807, 2.05) is 13.8 Å². The lowest BCUT2D eigenvalue weighted by atomic mass is 9.92. The van der Waals surface area contributed by atoms with Crippen LogP contribution in [0.15, 0.2) is 0 Å². The van der Waals surface area contributed by atoms with Gasteiger partial charge in [0, 0.05) is 12.0 Å². The molecule has 0 heterocycles. The van der Waals surface area contributed by atoms with Gasteiger partial charge in [-0.15, -0.1) is 0 Å². The lowest BCUT2D eigenvalue weighted by Crippen LogP contribution is -2.41. The van der Waals surface area contributed by atoms with Crippen LogP contribution >= 0.6 is 0 Å². The quantitative estimate of drug-likeness (QED) is 0.676. The van der Waals surface area contributed by atoms with Crippen LogP contribution in [0.25, 0.3) is 0 Å². The minimum absolute atomic E-state index is 0.0408. The molecule has 0 spiro atoms. The first kappa shape index (κ1) is 10.5. The highest BCUT2D eigenvalue weighted by molar-refractivity contribution is 5.78.